The molecule has 0 radical (unpaired) electrons. The minimum absolute atomic E-state index is 0.0647. The number of carbonyl (C=O) groups excluding carboxylic acids is 1. The number of hydrogen-bond acceptors (Lipinski definition) is 5. The molecule has 2 aliphatic rings. The van der Waals surface area contributed by atoms with E-state index in [0.717, 1.165) is 25.2 Å². The molecule has 0 amide bonds. The second-order valence-electron chi connectivity index (χ2n) is 6.78. The Balaban J connectivity index is 1.40. The largest absolute Gasteiger partial charge is 0.478 e. The molecule has 2 heterocycles. The van der Waals surface area contributed by atoms with Gasteiger partial charge < -0.3 is 14.2 Å². The van der Waals surface area contributed by atoms with Gasteiger partial charge in [0, 0.05) is 19.3 Å². The number of esters is 1. The predicted molar refractivity (Wildman–Crippen MR) is 90.1 cm³/mol. The lowest BCUT2D eigenvalue weighted by atomic mass is 9.87. The summed E-state index contributed by atoms with van der Waals surface area (Å²) in [4.78, 5) is 16.3. The Morgan fingerprint density at radius 1 is 1.12 bits per heavy atom. The van der Waals surface area contributed by atoms with E-state index in [1.165, 1.54) is 32.1 Å². The molecule has 5 nitrogen and oxygen atoms in total. The van der Waals surface area contributed by atoms with Gasteiger partial charge in [-0.15, -0.1) is 0 Å². The third-order valence-electron chi connectivity index (χ3n) is 4.98. The van der Waals surface area contributed by atoms with Crippen LogP contribution in [0.3, 0.4) is 0 Å². The lowest BCUT2D eigenvalue weighted by Gasteiger charge is -2.21. The first kappa shape index (κ1) is 17.2. The van der Waals surface area contributed by atoms with E-state index in [4.69, 9.17) is 14.2 Å². The highest BCUT2D eigenvalue weighted by Gasteiger charge is 2.23. The molecule has 132 valence electrons. The molecule has 0 aromatic carbocycles. The van der Waals surface area contributed by atoms with Crippen LogP contribution in [0.1, 0.15) is 51.4 Å². The Kier molecular flexibility index (Phi) is 6.47. The van der Waals surface area contributed by atoms with Crippen molar-refractivity contribution >= 4 is 5.97 Å². The van der Waals surface area contributed by atoms with E-state index in [1.807, 2.05) is 0 Å². The monoisotopic (exact) mass is 333 g/mol. The van der Waals surface area contributed by atoms with E-state index in [2.05, 4.69) is 4.98 Å². The van der Waals surface area contributed by atoms with E-state index in [-0.39, 0.29) is 11.9 Å². The number of pyridine rings is 1. The Hall–Kier alpha value is -1.62. The number of rotatable bonds is 6. The molecule has 5 heteroatoms. The van der Waals surface area contributed by atoms with Crippen LogP contribution < -0.4 is 9.47 Å². The number of nitrogens with zero attached hydrogens (tertiary/aromatic N) is 1. The van der Waals surface area contributed by atoms with Crippen LogP contribution in [-0.4, -0.2) is 30.8 Å². The minimum Gasteiger partial charge on any atom is -0.478 e. The van der Waals surface area contributed by atoms with Crippen LogP contribution in [0.4, 0.5) is 0 Å². The highest BCUT2D eigenvalue weighted by atomic mass is 16.5. The van der Waals surface area contributed by atoms with Gasteiger partial charge in [0.15, 0.2) is 0 Å². The first-order valence-electron chi connectivity index (χ1n) is 9.19. The lowest BCUT2D eigenvalue weighted by molar-refractivity contribution is -0.142. The molecular weight excluding hydrogens is 306 g/mol. The van der Waals surface area contributed by atoms with Crippen molar-refractivity contribution in [2.75, 3.05) is 19.8 Å². The third-order valence-corrected chi connectivity index (χ3v) is 4.98. The molecule has 24 heavy (non-hydrogen) atoms. The van der Waals surface area contributed by atoms with Crippen LogP contribution in [0.25, 0.3) is 0 Å². The van der Waals surface area contributed by atoms with Gasteiger partial charge in [0.05, 0.1) is 18.7 Å². The fraction of sp³-hybridized carbons (Fsp3) is 0.684. The van der Waals surface area contributed by atoms with Crippen LogP contribution in [0.2, 0.25) is 0 Å². The van der Waals surface area contributed by atoms with Crippen molar-refractivity contribution in [2.45, 2.75) is 51.4 Å². The highest BCUT2D eigenvalue weighted by Crippen LogP contribution is 2.26. The van der Waals surface area contributed by atoms with Gasteiger partial charge in [-0.1, -0.05) is 32.1 Å². The molecule has 0 spiro atoms. The maximum atomic E-state index is 12.1. The standard InChI is InChI=1S/C19H27NO4/c21-19(16-9-11-22-12-10-16)24-17-6-7-18(20-14-17)23-13-8-15-4-2-1-3-5-15/h6-7,14-16H,1-5,8-13H2. The second kappa shape index (κ2) is 9.02. The first-order chi connectivity index (χ1) is 11.8. The van der Waals surface area contributed by atoms with Crippen molar-refractivity contribution in [3.05, 3.63) is 18.3 Å². The Labute approximate surface area is 143 Å². The number of aromatic nitrogens is 1. The first-order valence-corrected chi connectivity index (χ1v) is 9.19. The van der Waals surface area contributed by atoms with Gasteiger partial charge in [-0.05, 0) is 31.2 Å². The van der Waals surface area contributed by atoms with Gasteiger partial charge in [-0.25, -0.2) is 4.98 Å². The maximum Gasteiger partial charge on any atom is 0.314 e. The highest BCUT2D eigenvalue weighted by molar-refractivity contribution is 5.75. The van der Waals surface area contributed by atoms with Crippen molar-refractivity contribution in [2.24, 2.45) is 11.8 Å². The summed E-state index contributed by atoms with van der Waals surface area (Å²) in [6.07, 6.45) is 10.9. The third kappa shape index (κ3) is 5.20. The summed E-state index contributed by atoms with van der Waals surface area (Å²) in [5.41, 5.74) is 0. The van der Waals surface area contributed by atoms with Gasteiger partial charge in [0.1, 0.15) is 5.75 Å². The molecule has 0 unspecified atom stereocenters. The molecule has 1 aliphatic heterocycles. The SMILES string of the molecule is O=C(Oc1ccc(OCCC2CCCCC2)nc1)C1CCOCC1. The van der Waals surface area contributed by atoms with Gasteiger partial charge in [-0.2, -0.15) is 0 Å². The van der Waals surface area contributed by atoms with Gasteiger partial charge in [-0.3, -0.25) is 4.79 Å². The zero-order valence-corrected chi connectivity index (χ0v) is 14.2. The summed E-state index contributed by atoms with van der Waals surface area (Å²) in [6.45, 7) is 1.97. The van der Waals surface area contributed by atoms with E-state index in [1.54, 1.807) is 18.3 Å². The topological polar surface area (TPSA) is 57.7 Å². The van der Waals surface area contributed by atoms with Crippen molar-refractivity contribution < 1.29 is 19.0 Å². The zero-order chi connectivity index (χ0) is 16.6. The van der Waals surface area contributed by atoms with Crippen LogP contribution in [0.15, 0.2) is 18.3 Å². The van der Waals surface area contributed by atoms with Gasteiger partial charge in [0.2, 0.25) is 5.88 Å². The van der Waals surface area contributed by atoms with Crippen molar-refractivity contribution in [1.82, 2.24) is 4.98 Å². The fourth-order valence-electron chi connectivity index (χ4n) is 3.45. The molecule has 1 aromatic rings. The van der Waals surface area contributed by atoms with Crippen molar-refractivity contribution in [1.29, 1.82) is 0 Å². The Morgan fingerprint density at radius 2 is 1.92 bits per heavy atom. The summed E-state index contributed by atoms with van der Waals surface area (Å²) in [5, 5.41) is 0. The quantitative estimate of drug-likeness (QED) is 0.742. The van der Waals surface area contributed by atoms with E-state index < -0.39 is 0 Å². The molecule has 3 rings (SSSR count). The fourth-order valence-corrected chi connectivity index (χ4v) is 3.45. The van der Waals surface area contributed by atoms with E-state index in [9.17, 15) is 4.79 Å². The molecule has 2 fully saturated rings. The molecule has 1 saturated heterocycles. The summed E-state index contributed by atoms with van der Waals surface area (Å²) in [7, 11) is 0. The van der Waals surface area contributed by atoms with Crippen LogP contribution in [0.5, 0.6) is 11.6 Å². The van der Waals surface area contributed by atoms with E-state index in [0.29, 0.717) is 31.5 Å². The molecule has 1 saturated carbocycles. The summed E-state index contributed by atoms with van der Waals surface area (Å²) in [5.74, 6) is 1.62. The van der Waals surface area contributed by atoms with Crippen molar-refractivity contribution in [3.8, 4) is 11.6 Å². The number of ether oxygens (including phenoxy) is 3. The number of hydrogen-bond donors (Lipinski definition) is 0. The molecule has 0 atom stereocenters. The number of carbonyl (C=O) groups is 1. The Morgan fingerprint density at radius 3 is 2.62 bits per heavy atom. The average Bonchev–Trinajstić information content (AvgIpc) is 2.65. The second-order valence-corrected chi connectivity index (χ2v) is 6.78. The maximum absolute atomic E-state index is 12.1. The predicted octanol–water partition coefficient (Wildman–Crippen LogP) is 3.76. The van der Waals surface area contributed by atoms with Crippen LogP contribution >= 0.6 is 0 Å². The Bertz CT molecular complexity index is 505. The molecule has 0 N–H and O–H groups in total. The molecular formula is C19H27NO4. The van der Waals surface area contributed by atoms with Gasteiger partial charge >= 0.3 is 5.97 Å². The summed E-state index contributed by atoms with van der Waals surface area (Å²) < 4.78 is 16.4. The lowest BCUT2D eigenvalue weighted by Crippen LogP contribution is -2.27. The smallest absolute Gasteiger partial charge is 0.314 e. The summed E-state index contributed by atoms with van der Waals surface area (Å²) >= 11 is 0. The van der Waals surface area contributed by atoms with Crippen molar-refractivity contribution in [3.63, 3.8) is 0 Å². The zero-order valence-electron chi connectivity index (χ0n) is 14.2. The molecule has 0 bridgehead atoms. The molecule has 1 aliphatic carbocycles. The average molecular weight is 333 g/mol. The normalized spacial score (nSPS) is 19.8. The molecule has 1 aromatic heterocycles. The minimum atomic E-state index is -0.189. The van der Waals surface area contributed by atoms with Crippen LogP contribution in [-0.2, 0) is 9.53 Å². The van der Waals surface area contributed by atoms with E-state index >= 15 is 0 Å². The van der Waals surface area contributed by atoms with Gasteiger partial charge in [0.25, 0.3) is 0 Å². The van der Waals surface area contributed by atoms with Crippen LogP contribution in [0, 0.1) is 11.8 Å². The summed E-state index contributed by atoms with van der Waals surface area (Å²) in [6, 6.07) is 3.52.